The molecule has 2 atom stereocenters. The van der Waals surface area contributed by atoms with Crippen molar-refractivity contribution >= 4 is 15.9 Å². The molecule has 106 valence electrons. The quantitative estimate of drug-likeness (QED) is 0.932. The minimum absolute atomic E-state index is 0.00391. The van der Waals surface area contributed by atoms with E-state index in [1.165, 1.54) is 0 Å². The Hall–Kier alpha value is -1.33. The fraction of sp³-hybridized carbons (Fsp3) is 0.400. The molecule has 2 aromatic rings. The second kappa shape index (κ2) is 5.58. The minimum atomic E-state index is -0.00992. The highest BCUT2D eigenvalue weighted by atomic mass is 79.9. The molecule has 0 fully saturated rings. The van der Waals surface area contributed by atoms with E-state index in [9.17, 15) is 0 Å². The van der Waals surface area contributed by atoms with E-state index in [0.717, 1.165) is 40.7 Å². The first kappa shape index (κ1) is 13.6. The van der Waals surface area contributed by atoms with E-state index < -0.39 is 0 Å². The smallest absolute Gasteiger partial charge is 0.129 e. The molecule has 0 aliphatic carbocycles. The molecule has 5 heteroatoms. The standard InChI is InChI=1S/C15H18BrN3O/c1-2-5-19-9-10(8-18-19)15-7-13(17)12-6-11(16)3-4-14(12)20-15/h3-4,6,8-9,13,15H,2,5,7,17H2,1H3. The number of hydrogen-bond donors (Lipinski definition) is 1. The summed E-state index contributed by atoms with van der Waals surface area (Å²) in [5.41, 5.74) is 8.45. The van der Waals surface area contributed by atoms with Crippen LogP contribution in [0.2, 0.25) is 0 Å². The van der Waals surface area contributed by atoms with E-state index in [1.807, 2.05) is 29.1 Å². The first-order valence-electron chi connectivity index (χ1n) is 6.91. The normalized spacial score (nSPS) is 21.4. The van der Waals surface area contributed by atoms with E-state index >= 15 is 0 Å². The first-order valence-corrected chi connectivity index (χ1v) is 7.70. The highest BCUT2D eigenvalue weighted by Crippen LogP contribution is 2.40. The SMILES string of the molecule is CCCn1cc(C2CC(N)c3cc(Br)ccc3O2)cn1. The van der Waals surface area contributed by atoms with Crippen LogP contribution in [0.15, 0.2) is 35.1 Å². The van der Waals surface area contributed by atoms with Crippen molar-refractivity contribution in [1.29, 1.82) is 0 Å². The zero-order chi connectivity index (χ0) is 14.1. The molecule has 0 spiro atoms. The third-order valence-corrected chi connectivity index (χ3v) is 4.08. The summed E-state index contributed by atoms with van der Waals surface area (Å²) >= 11 is 3.47. The topological polar surface area (TPSA) is 53.1 Å². The van der Waals surface area contributed by atoms with Gasteiger partial charge in [0.25, 0.3) is 0 Å². The van der Waals surface area contributed by atoms with Crippen molar-refractivity contribution < 1.29 is 4.74 Å². The zero-order valence-corrected chi connectivity index (χ0v) is 13.0. The van der Waals surface area contributed by atoms with Crippen molar-refractivity contribution in [3.63, 3.8) is 0 Å². The number of halogens is 1. The van der Waals surface area contributed by atoms with Crippen LogP contribution in [0.5, 0.6) is 5.75 Å². The van der Waals surface area contributed by atoms with E-state index in [2.05, 4.69) is 34.1 Å². The monoisotopic (exact) mass is 335 g/mol. The molecule has 1 aliphatic rings. The summed E-state index contributed by atoms with van der Waals surface area (Å²) < 4.78 is 9.07. The number of aryl methyl sites for hydroxylation is 1. The molecule has 2 unspecified atom stereocenters. The van der Waals surface area contributed by atoms with Crippen LogP contribution in [-0.2, 0) is 6.54 Å². The van der Waals surface area contributed by atoms with E-state index in [-0.39, 0.29) is 12.1 Å². The molecule has 0 amide bonds. The average Bonchev–Trinajstić information content (AvgIpc) is 2.88. The van der Waals surface area contributed by atoms with Gasteiger partial charge in [-0.25, -0.2) is 0 Å². The lowest BCUT2D eigenvalue weighted by molar-refractivity contribution is 0.161. The number of aromatic nitrogens is 2. The maximum absolute atomic E-state index is 6.28. The number of ether oxygens (including phenoxy) is 1. The van der Waals surface area contributed by atoms with Gasteiger partial charge >= 0.3 is 0 Å². The summed E-state index contributed by atoms with van der Waals surface area (Å²) in [7, 11) is 0. The number of nitrogens with two attached hydrogens (primary N) is 1. The van der Waals surface area contributed by atoms with Crippen LogP contribution < -0.4 is 10.5 Å². The lowest BCUT2D eigenvalue weighted by Crippen LogP contribution is -2.23. The third-order valence-electron chi connectivity index (χ3n) is 3.59. The van der Waals surface area contributed by atoms with Crippen molar-refractivity contribution in [2.24, 2.45) is 5.73 Å². The van der Waals surface area contributed by atoms with Gasteiger partial charge in [0.1, 0.15) is 11.9 Å². The van der Waals surface area contributed by atoms with E-state index in [4.69, 9.17) is 10.5 Å². The third kappa shape index (κ3) is 2.60. The van der Waals surface area contributed by atoms with Crippen molar-refractivity contribution in [3.05, 3.63) is 46.2 Å². The Labute approximate surface area is 127 Å². The number of benzene rings is 1. The second-order valence-corrected chi connectivity index (χ2v) is 6.08. The van der Waals surface area contributed by atoms with Gasteiger partial charge in [-0.15, -0.1) is 0 Å². The fourth-order valence-corrected chi connectivity index (χ4v) is 2.96. The Balaban J connectivity index is 1.85. The Kier molecular flexibility index (Phi) is 3.81. The van der Waals surface area contributed by atoms with Gasteiger partial charge in [-0.3, -0.25) is 4.68 Å². The fourth-order valence-electron chi connectivity index (χ4n) is 2.58. The minimum Gasteiger partial charge on any atom is -0.485 e. The zero-order valence-electron chi connectivity index (χ0n) is 11.4. The average molecular weight is 336 g/mol. The van der Waals surface area contributed by atoms with Crippen LogP contribution in [0, 0.1) is 0 Å². The summed E-state index contributed by atoms with van der Waals surface area (Å²) in [6.07, 6.45) is 5.79. The van der Waals surface area contributed by atoms with Crippen molar-refractivity contribution in [2.75, 3.05) is 0 Å². The molecule has 4 nitrogen and oxygen atoms in total. The molecule has 1 aromatic heterocycles. The lowest BCUT2D eigenvalue weighted by Gasteiger charge is -2.29. The van der Waals surface area contributed by atoms with Crippen LogP contribution in [0.1, 0.15) is 43.0 Å². The summed E-state index contributed by atoms with van der Waals surface area (Å²) in [4.78, 5) is 0. The molecule has 1 aliphatic heterocycles. The molecular weight excluding hydrogens is 318 g/mol. The largest absolute Gasteiger partial charge is 0.485 e. The van der Waals surface area contributed by atoms with Crippen LogP contribution in [0.3, 0.4) is 0 Å². The van der Waals surface area contributed by atoms with Crippen LogP contribution in [-0.4, -0.2) is 9.78 Å². The lowest BCUT2D eigenvalue weighted by atomic mass is 9.95. The predicted octanol–water partition coefficient (Wildman–Crippen LogP) is 3.58. The van der Waals surface area contributed by atoms with Crippen molar-refractivity contribution in [1.82, 2.24) is 9.78 Å². The highest BCUT2D eigenvalue weighted by molar-refractivity contribution is 9.10. The van der Waals surface area contributed by atoms with Gasteiger partial charge in [0, 0.05) is 40.8 Å². The van der Waals surface area contributed by atoms with Gasteiger partial charge < -0.3 is 10.5 Å². The highest BCUT2D eigenvalue weighted by Gasteiger charge is 2.28. The van der Waals surface area contributed by atoms with Gasteiger partial charge in [-0.2, -0.15) is 5.10 Å². The maximum atomic E-state index is 6.28. The Morgan fingerprint density at radius 1 is 1.50 bits per heavy atom. The maximum Gasteiger partial charge on any atom is 0.129 e. The molecule has 3 rings (SSSR count). The number of rotatable bonds is 3. The molecule has 1 aromatic carbocycles. The molecule has 0 radical (unpaired) electrons. The molecule has 0 saturated heterocycles. The Morgan fingerprint density at radius 3 is 3.15 bits per heavy atom. The van der Waals surface area contributed by atoms with Crippen LogP contribution in [0.4, 0.5) is 0 Å². The van der Waals surface area contributed by atoms with Gasteiger partial charge in [-0.05, 0) is 24.6 Å². The first-order chi connectivity index (χ1) is 9.67. The van der Waals surface area contributed by atoms with Gasteiger partial charge in [0.15, 0.2) is 0 Å². The van der Waals surface area contributed by atoms with E-state index in [0.29, 0.717) is 0 Å². The van der Waals surface area contributed by atoms with Crippen LogP contribution >= 0.6 is 15.9 Å². The Bertz CT molecular complexity index is 611. The summed E-state index contributed by atoms with van der Waals surface area (Å²) in [6.45, 7) is 3.07. The number of fused-ring (bicyclic) bond motifs is 1. The van der Waals surface area contributed by atoms with Gasteiger partial charge in [0.05, 0.1) is 6.20 Å². The second-order valence-electron chi connectivity index (χ2n) is 5.17. The molecule has 20 heavy (non-hydrogen) atoms. The van der Waals surface area contributed by atoms with Gasteiger partial charge in [-0.1, -0.05) is 22.9 Å². The van der Waals surface area contributed by atoms with Crippen LogP contribution in [0.25, 0.3) is 0 Å². The molecular formula is C15H18BrN3O. The molecule has 2 N–H and O–H groups in total. The van der Waals surface area contributed by atoms with E-state index in [1.54, 1.807) is 0 Å². The molecule has 0 bridgehead atoms. The summed E-state index contributed by atoms with van der Waals surface area (Å²) in [6, 6.07) is 5.99. The molecule has 0 saturated carbocycles. The Morgan fingerprint density at radius 2 is 2.35 bits per heavy atom. The summed E-state index contributed by atoms with van der Waals surface area (Å²) in [5, 5.41) is 4.36. The van der Waals surface area contributed by atoms with Gasteiger partial charge in [0.2, 0.25) is 0 Å². The number of nitrogens with zero attached hydrogens (tertiary/aromatic N) is 2. The van der Waals surface area contributed by atoms with Crippen molar-refractivity contribution in [3.8, 4) is 5.75 Å². The number of hydrogen-bond acceptors (Lipinski definition) is 3. The molecule has 2 heterocycles. The van der Waals surface area contributed by atoms with Crippen molar-refractivity contribution in [2.45, 2.75) is 38.5 Å². The predicted molar refractivity (Wildman–Crippen MR) is 81.6 cm³/mol. The summed E-state index contributed by atoms with van der Waals surface area (Å²) in [5.74, 6) is 0.875.